The number of nitrogens with one attached hydrogen (secondary N) is 3. The maximum Gasteiger partial charge on any atom is 0.406 e. The minimum atomic E-state index is -0.559. The van der Waals surface area contributed by atoms with Crippen molar-refractivity contribution in [3.63, 3.8) is 0 Å². The highest BCUT2D eigenvalue weighted by Gasteiger charge is 2.07. The number of ether oxygens (including phenoxy) is 1. The van der Waals surface area contributed by atoms with Crippen LogP contribution in [-0.4, -0.2) is 44.7 Å². The third kappa shape index (κ3) is 5.85. The zero-order valence-corrected chi connectivity index (χ0v) is 11.1. The molecule has 0 bridgehead atoms. The maximum absolute atomic E-state index is 11.6. The molecule has 0 aliphatic carbocycles. The highest BCUT2D eigenvalue weighted by molar-refractivity contribution is 5.96. The molecule has 20 heavy (non-hydrogen) atoms. The molecule has 0 atom stereocenters. The number of hydrogen-bond acceptors (Lipinski definition) is 4. The van der Waals surface area contributed by atoms with Crippen molar-refractivity contribution < 1.29 is 19.1 Å². The number of carbonyl (C=O) groups is 3. The van der Waals surface area contributed by atoms with Gasteiger partial charge in [-0.2, -0.15) is 0 Å². The first-order chi connectivity index (χ1) is 9.63. The van der Waals surface area contributed by atoms with E-state index in [1.807, 2.05) is 0 Å². The number of hydrogen-bond donors (Lipinski definition) is 3. The summed E-state index contributed by atoms with van der Waals surface area (Å²) in [5.74, 6) is -0.644. The Kier molecular flexibility index (Phi) is 6.60. The van der Waals surface area contributed by atoms with Crippen LogP contribution in [0.25, 0.3) is 0 Å². The van der Waals surface area contributed by atoms with Crippen molar-refractivity contribution >= 4 is 17.9 Å². The summed E-state index contributed by atoms with van der Waals surface area (Å²) in [5, 5.41) is 7.46. The molecule has 1 aromatic rings. The number of amides is 3. The number of rotatable bonds is 6. The topological polar surface area (TPSA) is 96.5 Å². The highest BCUT2D eigenvalue weighted by Crippen LogP contribution is 1.96. The molecule has 0 aliphatic heterocycles. The van der Waals surface area contributed by atoms with Gasteiger partial charge in [-0.15, -0.1) is 0 Å². The summed E-state index contributed by atoms with van der Waals surface area (Å²) in [7, 11) is 1.26. The molecule has 0 heterocycles. The van der Waals surface area contributed by atoms with Gasteiger partial charge >= 0.3 is 6.09 Å². The zero-order chi connectivity index (χ0) is 14.8. The average Bonchev–Trinajstić information content (AvgIpc) is 2.49. The van der Waals surface area contributed by atoms with E-state index in [0.29, 0.717) is 5.56 Å². The summed E-state index contributed by atoms with van der Waals surface area (Å²) in [6.07, 6.45) is -0.559. The van der Waals surface area contributed by atoms with Gasteiger partial charge in [0.1, 0.15) is 0 Å². The van der Waals surface area contributed by atoms with Crippen molar-refractivity contribution in [2.45, 2.75) is 0 Å². The lowest BCUT2D eigenvalue weighted by Gasteiger charge is -2.07. The SMILES string of the molecule is COC(=O)NCCNC(=O)CNC(=O)c1ccccc1. The Hall–Kier alpha value is -2.57. The first-order valence-corrected chi connectivity index (χ1v) is 6.05. The summed E-state index contributed by atoms with van der Waals surface area (Å²) in [6, 6.07) is 8.61. The van der Waals surface area contributed by atoms with Crippen molar-refractivity contribution in [2.24, 2.45) is 0 Å². The Balaban J connectivity index is 2.17. The second kappa shape index (κ2) is 8.52. The van der Waals surface area contributed by atoms with E-state index in [1.165, 1.54) is 7.11 Å². The first kappa shape index (κ1) is 15.5. The predicted octanol–water partition coefficient (Wildman–Crippen LogP) is -0.111. The quantitative estimate of drug-likeness (QED) is 0.633. The van der Waals surface area contributed by atoms with E-state index in [-0.39, 0.29) is 31.4 Å². The molecule has 0 saturated carbocycles. The smallest absolute Gasteiger partial charge is 0.406 e. The lowest BCUT2D eigenvalue weighted by molar-refractivity contribution is -0.120. The Morgan fingerprint density at radius 1 is 1.00 bits per heavy atom. The Morgan fingerprint density at radius 2 is 1.65 bits per heavy atom. The van der Waals surface area contributed by atoms with Crippen LogP contribution in [0.5, 0.6) is 0 Å². The number of benzene rings is 1. The fourth-order valence-corrected chi connectivity index (χ4v) is 1.35. The van der Waals surface area contributed by atoms with Crippen LogP contribution in [0.15, 0.2) is 30.3 Å². The lowest BCUT2D eigenvalue weighted by atomic mass is 10.2. The Bertz CT molecular complexity index is 462. The van der Waals surface area contributed by atoms with Crippen LogP contribution in [0.3, 0.4) is 0 Å². The van der Waals surface area contributed by atoms with E-state index in [2.05, 4.69) is 20.7 Å². The van der Waals surface area contributed by atoms with Crippen molar-refractivity contribution in [2.75, 3.05) is 26.7 Å². The average molecular weight is 279 g/mol. The molecule has 0 aliphatic rings. The predicted molar refractivity (Wildman–Crippen MR) is 72.2 cm³/mol. The molecule has 0 unspecified atom stereocenters. The molecule has 0 spiro atoms. The fourth-order valence-electron chi connectivity index (χ4n) is 1.35. The van der Waals surface area contributed by atoms with Gasteiger partial charge in [-0.3, -0.25) is 9.59 Å². The van der Waals surface area contributed by atoms with Crippen LogP contribution in [0, 0.1) is 0 Å². The third-order valence-electron chi connectivity index (χ3n) is 2.35. The minimum Gasteiger partial charge on any atom is -0.453 e. The van der Waals surface area contributed by atoms with Crippen molar-refractivity contribution in [1.29, 1.82) is 0 Å². The second-order valence-corrected chi connectivity index (χ2v) is 3.82. The van der Waals surface area contributed by atoms with Crippen LogP contribution in [0.4, 0.5) is 4.79 Å². The third-order valence-corrected chi connectivity index (χ3v) is 2.35. The summed E-state index contributed by atoms with van der Waals surface area (Å²) in [5.41, 5.74) is 0.493. The minimum absolute atomic E-state index is 0.119. The van der Waals surface area contributed by atoms with Crippen LogP contribution in [-0.2, 0) is 9.53 Å². The number of methoxy groups -OCH3 is 1. The van der Waals surface area contributed by atoms with E-state index in [1.54, 1.807) is 30.3 Å². The van der Waals surface area contributed by atoms with E-state index in [4.69, 9.17) is 0 Å². The molecule has 1 aromatic carbocycles. The van der Waals surface area contributed by atoms with Gasteiger partial charge in [0, 0.05) is 18.7 Å². The molecule has 3 amide bonds. The maximum atomic E-state index is 11.6. The van der Waals surface area contributed by atoms with E-state index in [0.717, 1.165) is 0 Å². The molecule has 7 nitrogen and oxygen atoms in total. The monoisotopic (exact) mass is 279 g/mol. The van der Waals surface area contributed by atoms with E-state index in [9.17, 15) is 14.4 Å². The normalized spacial score (nSPS) is 9.45. The van der Waals surface area contributed by atoms with Gasteiger partial charge in [-0.05, 0) is 12.1 Å². The molecule has 0 saturated heterocycles. The molecule has 1 rings (SSSR count). The van der Waals surface area contributed by atoms with E-state index >= 15 is 0 Å². The van der Waals surface area contributed by atoms with Gasteiger partial charge in [0.25, 0.3) is 5.91 Å². The molecule has 0 fully saturated rings. The molecule has 3 N–H and O–H groups in total. The molecule has 0 radical (unpaired) electrons. The van der Waals surface area contributed by atoms with Crippen LogP contribution >= 0.6 is 0 Å². The standard InChI is InChI=1S/C13H17N3O4/c1-20-13(19)15-8-7-14-11(17)9-16-12(18)10-5-3-2-4-6-10/h2-6H,7-9H2,1H3,(H,14,17)(H,15,19)(H,16,18). The van der Waals surface area contributed by atoms with Gasteiger partial charge < -0.3 is 20.7 Å². The number of alkyl carbamates (subject to hydrolysis) is 1. The second-order valence-electron chi connectivity index (χ2n) is 3.82. The van der Waals surface area contributed by atoms with Crippen LogP contribution in [0.2, 0.25) is 0 Å². The van der Waals surface area contributed by atoms with Crippen molar-refractivity contribution in [1.82, 2.24) is 16.0 Å². The van der Waals surface area contributed by atoms with Gasteiger partial charge in [-0.1, -0.05) is 18.2 Å². The summed E-state index contributed by atoms with van der Waals surface area (Å²) < 4.78 is 4.37. The Morgan fingerprint density at radius 3 is 2.30 bits per heavy atom. The summed E-state index contributed by atoms with van der Waals surface area (Å²) in [4.78, 5) is 33.8. The molecular weight excluding hydrogens is 262 g/mol. The van der Waals surface area contributed by atoms with Crippen molar-refractivity contribution in [3.05, 3.63) is 35.9 Å². The van der Waals surface area contributed by atoms with Gasteiger partial charge in [0.05, 0.1) is 13.7 Å². The molecule has 7 heteroatoms. The van der Waals surface area contributed by atoms with Crippen LogP contribution < -0.4 is 16.0 Å². The lowest BCUT2D eigenvalue weighted by Crippen LogP contribution is -2.40. The largest absolute Gasteiger partial charge is 0.453 e. The van der Waals surface area contributed by atoms with Gasteiger partial charge in [-0.25, -0.2) is 4.79 Å². The number of carbonyl (C=O) groups excluding carboxylic acids is 3. The van der Waals surface area contributed by atoms with Crippen LogP contribution in [0.1, 0.15) is 10.4 Å². The fraction of sp³-hybridized carbons (Fsp3) is 0.308. The van der Waals surface area contributed by atoms with Crippen molar-refractivity contribution in [3.8, 4) is 0 Å². The first-order valence-electron chi connectivity index (χ1n) is 6.05. The summed E-state index contributed by atoms with van der Waals surface area (Å²) in [6.45, 7) is 0.395. The van der Waals surface area contributed by atoms with Gasteiger partial charge in [0.15, 0.2) is 0 Å². The van der Waals surface area contributed by atoms with E-state index < -0.39 is 6.09 Å². The zero-order valence-electron chi connectivity index (χ0n) is 11.1. The molecule has 0 aromatic heterocycles. The Labute approximate surface area is 116 Å². The van der Waals surface area contributed by atoms with Gasteiger partial charge in [0.2, 0.25) is 5.91 Å². The summed E-state index contributed by atoms with van der Waals surface area (Å²) >= 11 is 0. The highest BCUT2D eigenvalue weighted by atomic mass is 16.5. The molecular formula is C13H17N3O4. The molecule has 108 valence electrons.